The van der Waals surface area contributed by atoms with Crippen molar-refractivity contribution in [3.05, 3.63) is 0 Å². The molecule has 0 amide bonds. The van der Waals surface area contributed by atoms with E-state index in [0.717, 1.165) is 6.73 Å². The smallest absolute Gasteiger partial charge is 0.247 e. The van der Waals surface area contributed by atoms with Gasteiger partial charge in [-0.3, -0.25) is 0 Å². The van der Waals surface area contributed by atoms with E-state index in [-0.39, 0.29) is 0 Å². The summed E-state index contributed by atoms with van der Waals surface area (Å²) < 4.78 is 8.15. The molecule has 0 N–H and O–H groups in total. The van der Waals surface area contributed by atoms with Crippen LogP contribution in [-0.4, -0.2) is 30.2 Å². The molecule has 2 aliphatic rings. The number of nitrogens with zero attached hydrogens (tertiary/aromatic N) is 1. The highest BCUT2D eigenvalue weighted by molar-refractivity contribution is 5.14. The first-order valence-electron chi connectivity index (χ1n) is 7.05. The Bertz CT molecular complexity index is 215. The molecule has 0 unspecified atom stereocenters. The maximum atomic E-state index is 5.96. The Hall–Kier alpha value is -0.370. The summed E-state index contributed by atoms with van der Waals surface area (Å²) in [6, 6.07) is 0.678. The lowest BCUT2D eigenvalue weighted by molar-refractivity contribution is -0.601. The third-order valence-electron chi connectivity index (χ3n) is 4.12. The van der Waals surface area contributed by atoms with Gasteiger partial charge >= 0.3 is 0 Å². The number of hydrogen-bond donors (Lipinski definition) is 0. The van der Waals surface area contributed by atoms with Crippen molar-refractivity contribution >= 4 is 6.72 Å². The predicted octanol–water partition coefficient (Wildman–Crippen LogP) is 3.34. The molecular weight excluding hydrogens is 198 g/mol. The number of rotatable bonds is 4. The summed E-state index contributed by atoms with van der Waals surface area (Å²) in [5, 5.41) is 0. The van der Waals surface area contributed by atoms with Crippen LogP contribution in [0.2, 0.25) is 0 Å². The van der Waals surface area contributed by atoms with Gasteiger partial charge in [-0.2, -0.15) is 0 Å². The zero-order valence-electron chi connectivity index (χ0n) is 10.5. The van der Waals surface area contributed by atoms with Gasteiger partial charge in [0.2, 0.25) is 6.73 Å². The van der Waals surface area contributed by atoms with E-state index in [9.17, 15) is 0 Å². The molecule has 0 saturated heterocycles. The highest BCUT2D eigenvalue weighted by Gasteiger charge is 2.23. The van der Waals surface area contributed by atoms with Gasteiger partial charge < -0.3 is 4.74 Å². The predicted molar refractivity (Wildman–Crippen MR) is 67.1 cm³/mol. The van der Waals surface area contributed by atoms with Gasteiger partial charge in [0.1, 0.15) is 6.72 Å². The maximum Gasteiger partial charge on any atom is 0.247 e. The van der Waals surface area contributed by atoms with Crippen LogP contribution < -0.4 is 0 Å². The molecule has 0 aromatic rings. The fraction of sp³-hybridized carbons (Fsp3) is 0.929. The molecule has 0 radical (unpaired) electrons. The van der Waals surface area contributed by atoms with E-state index in [2.05, 4.69) is 11.3 Å². The molecule has 2 heteroatoms. The van der Waals surface area contributed by atoms with Crippen molar-refractivity contribution in [1.29, 1.82) is 0 Å². The van der Waals surface area contributed by atoms with Crippen LogP contribution in [-0.2, 0) is 4.74 Å². The van der Waals surface area contributed by atoms with Crippen LogP contribution in [0.5, 0.6) is 0 Å². The Morgan fingerprint density at radius 1 is 0.875 bits per heavy atom. The van der Waals surface area contributed by atoms with Gasteiger partial charge in [-0.25, -0.2) is 4.58 Å². The first-order valence-corrected chi connectivity index (χ1v) is 7.05. The largest absolute Gasteiger partial charge is 0.320 e. The molecule has 2 fully saturated rings. The Labute approximate surface area is 99.7 Å². The summed E-state index contributed by atoms with van der Waals surface area (Å²) in [7, 11) is 0. The SMILES string of the molecule is C=[N+](COC1CCCCC1)C1CCCCC1. The topological polar surface area (TPSA) is 12.2 Å². The molecule has 2 nitrogen and oxygen atoms in total. The van der Waals surface area contributed by atoms with Crippen LogP contribution in [0.4, 0.5) is 0 Å². The fourth-order valence-electron chi connectivity index (χ4n) is 2.98. The molecule has 16 heavy (non-hydrogen) atoms. The molecule has 0 atom stereocenters. The minimum absolute atomic E-state index is 0.515. The molecule has 0 heterocycles. The molecular formula is C14H26NO+. The normalized spacial score (nSPS) is 24.5. The van der Waals surface area contributed by atoms with E-state index in [1.54, 1.807) is 0 Å². The van der Waals surface area contributed by atoms with Gasteiger partial charge in [0.25, 0.3) is 0 Å². The Morgan fingerprint density at radius 2 is 1.44 bits per heavy atom. The van der Waals surface area contributed by atoms with E-state index >= 15 is 0 Å². The average molecular weight is 224 g/mol. The van der Waals surface area contributed by atoms with Gasteiger partial charge in [0.05, 0.1) is 6.10 Å². The Kier molecular flexibility index (Phi) is 4.83. The molecule has 2 saturated carbocycles. The Balaban J connectivity index is 1.65. The van der Waals surface area contributed by atoms with Gasteiger partial charge in [0, 0.05) is 12.8 Å². The summed E-state index contributed by atoms with van der Waals surface area (Å²) in [4.78, 5) is 0. The third kappa shape index (κ3) is 3.58. The molecule has 2 rings (SSSR count). The highest BCUT2D eigenvalue weighted by atomic mass is 16.5. The second kappa shape index (κ2) is 6.39. The summed E-state index contributed by atoms with van der Waals surface area (Å²) in [5.74, 6) is 0. The number of ether oxygens (including phenoxy) is 1. The van der Waals surface area contributed by atoms with Crippen LogP contribution in [0.3, 0.4) is 0 Å². The summed E-state index contributed by atoms with van der Waals surface area (Å²) in [6.07, 6.45) is 13.9. The minimum Gasteiger partial charge on any atom is -0.320 e. The van der Waals surface area contributed by atoms with Crippen molar-refractivity contribution < 1.29 is 9.31 Å². The van der Waals surface area contributed by atoms with Crippen molar-refractivity contribution in [3.63, 3.8) is 0 Å². The van der Waals surface area contributed by atoms with E-state index in [4.69, 9.17) is 4.74 Å². The van der Waals surface area contributed by atoms with Gasteiger partial charge in [-0.05, 0) is 25.7 Å². The van der Waals surface area contributed by atoms with Crippen LogP contribution >= 0.6 is 0 Å². The van der Waals surface area contributed by atoms with Gasteiger partial charge in [0.15, 0.2) is 6.04 Å². The minimum atomic E-state index is 0.515. The average Bonchev–Trinajstić information content (AvgIpc) is 2.38. The van der Waals surface area contributed by atoms with E-state index in [1.165, 1.54) is 64.2 Å². The molecule has 0 bridgehead atoms. The third-order valence-corrected chi connectivity index (χ3v) is 4.12. The molecule has 0 aromatic carbocycles. The van der Waals surface area contributed by atoms with Crippen LogP contribution in [0.25, 0.3) is 0 Å². The molecule has 0 aliphatic heterocycles. The van der Waals surface area contributed by atoms with Gasteiger partial charge in [-0.1, -0.05) is 25.7 Å². The molecule has 0 spiro atoms. The van der Waals surface area contributed by atoms with E-state index in [1.807, 2.05) is 0 Å². The summed E-state index contributed by atoms with van der Waals surface area (Å²) in [6.45, 7) is 4.90. The first-order chi connectivity index (χ1) is 7.86. The second-order valence-corrected chi connectivity index (χ2v) is 5.44. The lowest BCUT2D eigenvalue weighted by Crippen LogP contribution is -2.31. The highest BCUT2D eigenvalue weighted by Crippen LogP contribution is 2.22. The van der Waals surface area contributed by atoms with E-state index in [0.29, 0.717) is 12.1 Å². The lowest BCUT2D eigenvalue weighted by Gasteiger charge is -2.23. The first kappa shape index (κ1) is 12.1. The van der Waals surface area contributed by atoms with Crippen molar-refractivity contribution in [2.75, 3.05) is 6.73 Å². The van der Waals surface area contributed by atoms with Crippen LogP contribution in [0, 0.1) is 0 Å². The summed E-state index contributed by atoms with van der Waals surface area (Å²) >= 11 is 0. The van der Waals surface area contributed by atoms with Crippen molar-refractivity contribution in [2.45, 2.75) is 76.4 Å². The summed E-state index contributed by atoms with van der Waals surface area (Å²) in [5.41, 5.74) is 0. The van der Waals surface area contributed by atoms with Crippen molar-refractivity contribution in [2.24, 2.45) is 0 Å². The fourth-order valence-corrected chi connectivity index (χ4v) is 2.98. The quantitative estimate of drug-likeness (QED) is 0.405. The maximum absolute atomic E-state index is 5.96. The zero-order chi connectivity index (χ0) is 11.2. The van der Waals surface area contributed by atoms with Crippen LogP contribution in [0.1, 0.15) is 64.2 Å². The molecule has 2 aliphatic carbocycles. The monoisotopic (exact) mass is 224 g/mol. The molecule has 92 valence electrons. The van der Waals surface area contributed by atoms with Crippen molar-refractivity contribution in [1.82, 2.24) is 0 Å². The second-order valence-electron chi connectivity index (χ2n) is 5.44. The molecule has 0 aromatic heterocycles. The van der Waals surface area contributed by atoms with E-state index < -0.39 is 0 Å². The number of hydrogen-bond acceptors (Lipinski definition) is 1. The zero-order valence-corrected chi connectivity index (χ0v) is 10.5. The van der Waals surface area contributed by atoms with Gasteiger partial charge in [-0.15, -0.1) is 0 Å². The Morgan fingerprint density at radius 3 is 2.06 bits per heavy atom. The standard InChI is InChI=1S/C14H26NO/c1-15(13-8-4-2-5-9-13)12-16-14-10-6-3-7-11-14/h13-14H,1-12H2/q+1. The lowest BCUT2D eigenvalue weighted by atomic mass is 9.95. The van der Waals surface area contributed by atoms with Crippen LogP contribution in [0.15, 0.2) is 0 Å². The van der Waals surface area contributed by atoms with Crippen molar-refractivity contribution in [3.8, 4) is 0 Å².